The molecule has 1 aliphatic heterocycles. The standard InChI is InChI=1S/C29H34N10O/c1-17(2)38-16-34-36-28(38)22-4-3-5-27(35-22)39-15-33-23-10-20(19-8-9-26(30)31-12-19)25(11-21(23)29(39)40)37-13-24(32-14-37)18-6-7-18/h3-5,8-9,12-14,16-18,20-21,23,25,33H,6-7,10-11,15H2,1-2H3,(H2,30,31). The number of hydrogen-bond donors (Lipinski definition) is 2. The van der Waals surface area contributed by atoms with Crippen molar-refractivity contribution in [3.8, 4) is 11.5 Å². The lowest BCUT2D eigenvalue weighted by Crippen LogP contribution is -2.60. The molecule has 2 saturated carbocycles. The molecule has 4 aromatic rings. The average Bonchev–Trinajstić information content (AvgIpc) is 3.48. The number of imidazole rings is 1. The second-order valence-corrected chi connectivity index (χ2v) is 11.6. The van der Waals surface area contributed by atoms with Crippen LogP contribution in [0.25, 0.3) is 11.5 Å². The van der Waals surface area contributed by atoms with Crippen molar-refractivity contribution >= 4 is 17.5 Å². The van der Waals surface area contributed by atoms with E-state index in [0.29, 0.717) is 42.2 Å². The molecule has 0 spiro atoms. The number of nitrogens with one attached hydrogen (secondary N) is 1. The maximum atomic E-state index is 14.1. The highest BCUT2D eigenvalue weighted by Crippen LogP contribution is 2.46. The van der Waals surface area contributed by atoms with Gasteiger partial charge in [-0.1, -0.05) is 12.1 Å². The van der Waals surface area contributed by atoms with Crippen LogP contribution in [0.1, 0.15) is 74.7 Å². The minimum Gasteiger partial charge on any atom is -0.384 e. The van der Waals surface area contributed by atoms with E-state index in [9.17, 15) is 4.79 Å². The van der Waals surface area contributed by atoms with Gasteiger partial charge in [-0.05, 0) is 63.3 Å². The third-order valence-corrected chi connectivity index (χ3v) is 8.66. The van der Waals surface area contributed by atoms with Gasteiger partial charge in [0.1, 0.15) is 23.7 Å². The van der Waals surface area contributed by atoms with Crippen LogP contribution in [0.5, 0.6) is 0 Å². The number of carbonyl (C=O) groups excluding carboxylic acids is 1. The van der Waals surface area contributed by atoms with Crippen LogP contribution in [-0.4, -0.2) is 52.9 Å². The maximum absolute atomic E-state index is 14.1. The van der Waals surface area contributed by atoms with Crippen LogP contribution in [0.4, 0.5) is 11.6 Å². The second kappa shape index (κ2) is 9.81. The number of carbonyl (C=O) groups is 1. The summed E-state index contributed by atoms with van der Waals surface area (Å²) in [7, 11) is 0. The number of hydrogen-bond acceptors (Lipinski definition) is 8. The molecular formula is C29H34N10O. The first-order chi connectivity index (χ1) is 19.5. The van der Waals surface area contributed by atoms with Gasteiger partial charge in [-0.2, -0.15) is 0 Å². The van der Waals surface area contributed by atoms with Crippen LogP contribution in [0, 0.1) is 5.92 Å². The van der Waals surface area contributed by atoms with Gasteiger partial charge in [-0.25, -0.2) is 15.0 Å². The Morgan fingerprint density at radius 3 is 2.70 bits per heavy atom. The van der Waals surface area contributed by atoms with Gasteiger partial charge in [0.15, 0.2) is 5.82 Å². The SMILES string of the molecule is CC(C)n1cnnc1-c1cccc(N2CNC3CC(c4ccc(N)nc4)C(n4cnc(C5CC5)c4)CC3C2=O)n1. The van der Waals surface area contributed by atoms with Gasteiger partial charge in [0.25, 0.3) is 0 Å². The summed E-state index contributed by atoms with van der Waals surface area (Å²) in [5.74, 6) is 2.49. The molecule has 0 aromatic carbocycles. The van der Waals surface area contributed by atoms with E-state index in [1.165, 1.54) is 12.8 Å². The van der Waals surface area contributed by atoms with Gasteiger partial charge in [-0.3, -0.25) is 15.0 Å². The van der Waals surface area contributed by atoms with Gasteiger partial charge in [-0.15, -0.1) is 10.2 Å². The Morgan fingerprint density at radius 2 is 1.93 bits per heavy atom. The van der Waals surface area contributed by atoms with Crippen molar-refractivity contribution in [2.75, 3.05) is 17.3 Å². The van der Waals surface area contributed by atoms with Crippen LogP contribution in [0.2, 0.25) is 0 Å². The molecule has 4 aromatic heterocycles. The molecule has 4 atom stereocenters. The lowest BCUT2D eigenvalue weighted by molar-refractivity contribution is -0.126. The van der Waals surface area contributed by atoms with Crippen LogP contribution in [0.3, 0.4) is 0 Å². The number of pyridine rings is 2. The summed E-state index contributed by atoms with van der Waals surface area (Å²) in [6.07, 6.45) is 11.7. The normalized spacial score (nSPS) is 24.9. The molecule has 11 nitrogen and oxygen atoms in total. The van der Waals surface area contributed by atoms with Crippen molar-refractivity contribution in [3.05, 3.63) is 66.6 Å². The van der Waals surface area contributed by atoms with Gasteiger partial charge in [0.2, 0.25) is 5.91 Å². The number of nitrogen functional groups attached to an aromatic ring is 1. The van der Waals surface area contributed by atoms with Gasteiger partial charge >= 0.3 is 0 Å². The Kier molecular flexibility index (Phi) is 6.10. The monoisotopic (exact) mass is 538 g/mol. The summed E-state index contributed by atoms with van der Waals surface area (Å²) < 4.78 is 4.21. The number of amides is 1. The molecule has 3 fully saturated rings. The highest BCUT2D eigenvalue weighted by atomic mass is 16.2. The molecule has 3 N–H and O–H groups in total. The van der Waals surface area contributed by atoms with Crippen LogP contribution >= 0.6 is 0 Å². The summed E-state index contributed by atoms with van der Waals surface area (Å²) in [5.41, 5.74) is 8.89. The molecule has 0 bridgehead atoms. The molecule has 0 radical (unpaired) electrons. The predicted octanol–water partition coefficient (Wildman–Crippen LogP) is 3.67. The zero-order valence-corrected chi connectivity index (χ0v) is 22.8. The Balaban J connectivity index is 1.18. The maximum Gasteiger partial charge on any atom is 0.234 e. The lowest BCUT2D eigenvalue weighted by atomic mass is 9.71. The van der Waals surface area contributed by atoms with E-state index in [4.69, 9.17) is 15.7 Å². The van der Waals surface area contributed by atoms with Gasteiger partial charge in [0, 0.05) is 42.4 Å². The highest BCUT2D eigenvalue weighted by molar-refractivity contribution is 5.95. The largest absolute Gasteiger partial charge is 0.384 e. The third-order valence-electron chi connectivity index (χ3n) is 8.66. The molecule has 1 saturated heterocycles. The first kappa shape index (κ1) is 24.9. The molecule has 11 heteroatoms. The molecule has 40 heavy (non-hydrogen) atoms. The first-order valence-electron chi connectivity index (χ1n) is 14.1. The quantitative estimate of drug-likeness (QED) is 0.380. The van der Waals surface area contributed by atoms with Crippen molar-refractivity contribution in [1.82, 2.24) is 39.6 Å². The van der Waals surface area contributed by atoms with E-state index in [2.05, 4.69) is 51.2 Å². The molecular weight excluding hydrogens is 504 g/mol. The summed E-state index contributed by atoms with van der Waals surface area (Å²) in [6, 6.07) is 10.00. The predicted molar refractivity (Wildman–Crippen MR) is 150 cm³/mol. The van der Waals surface area contributed by atoms with Crippen molar-refractivity contribution in [2.45, 2.75) is 69.5 Å². The Labute approximate surface area is 232 Å². The van der Waals surface area contributed by atoms with E-state index < -0.39 is 0 Å². The third kappa shape index (κ3) is 4.43. The highest BCUT2D eigenvalue weighted by Gasteiger charge is 2.46. The lowest BCUT2D eigenvalue weighted by Gasteiger charge is -2.46. The van der Waals surface area contributed by atoms with Crippen LogP contribution < -0.4 is 16.0 Å². The fourth-order valence-corrected chi connectivity index (χ4v) is 6.31. The number of nitrogens with zero attached hydrogens (tertiary/aromatic N) is 8. The molecule has 206 valence electrons. The number of fused-ring (bicyclic) bond motifs is 1. The Morgan fingerprint density at radius 1 is 1.05 bits per heavy atom. The summed E-state index contributed by atoms with van der Waals surface area (Å²) >= 11 is 0. The number of anilines is 2. The fraction of sp³-hybridized carbons (Fsp3) is 0.448. The van der Waals surface area contributed by atoms with Crippen molar-refractivity contribution in [1.29, 1.82) is 0 Å². The van der Waals surface area contributed by atoms with Gasteiger partial charge in [0.05, 0.1) is 24.6 Å². The number of aromatic nitrogens is 7. The molecule has 5 heterocycles. The summed E-state index contributed by atoms with van der Waals surface area (Å²) in [5, 5.41) is 12.0. The second-order valence-electron chi connectivity index (χ2n) is 11.6. The smallest absolute Gasteiger partial charge is 0.234 e. The van der Waals surface area contributed by atoms with Gasteiger partial charge < -0.3 is 14.9 Å². The molecule has 7 rings (SSSR count). The van der Waals surface area contributed by atoms with E-state index in [0.717, 1.165) is 17.7 Å². The number of nitrogens with two attached hydrogens (primary N) is 1. The first-order valence-corrected chi connectivity index (χ1v) is 14.1. The minimum atomic E-state index is -0.187. The fourth-order valence-electron chi connectivity index (χ4n) is 6.31. The van der Waals surface area contributed by atoms with E-state index in [-0.39, 0.29) is 35.9 Å². The number of rotatable bonds is 6. The molecule has 1 amide bonds. The zero-order chi connectivity index (χ0) is 27.4. The zero-order valence-electron chi connectivity index (χ0n) is 22.8. The van der Waals surface area contributed by atoms with E-state index in [1.54, 1.807) is 11.2 Å². The van der Waals surface area contributed by atoms with Crippen LogP contribution in [-0.2, 0) is 4.79 Å². The summed E-state index contributed by atoms with van der Waals surface area (Å²) in [6.45, 7) is 4.56. The Hall–Kier alpha value is -4.12. The molecule has 4 unspecified atom stereocenters. The Bertz CT molecular complexity index is 1520. The molecule has 3 aliphatic rings. The van der Waals surface area contributed by atoms with Crippen molar-refractivity contribution < 1.29 is 4.79 Å². The van der Waals surface area contributed by atoms with E-state index >= 15 is 0 Å². The summed E-state index contributed by atoms with van der Waals surface area (Å²) in [4.78, 5) is 29.8. The average molecular weight is 539 g/mol. The topological polar surface area (TPSA) is 133 Å². The van der Waals surface area contributed by atoms with Crippen molar-refractivity contribution in [3.63, 3.8) is 0 Å². The molecule has 2 aliphatic carbocycles. The van der Waals surface area contributed by atoms with Crippen LogP contribution in [0.15, 0.2) is 55.4 Å². The minimum absolute atomic E-state index is 0.0567. The van der Waals surface area contributed by atoms with E-state index in [1.807, 2.05) is 41.4 Å². The van der Waals surface area contributed by atoms with Crippen molar-refractivity contribution in [2.24, 2.45) is 5.92 Å².